The van der Waals surface area contributed by atoms with Crippen molar-refractivity contribution in [2.24, 2.45) is 0 Å². The maximum atomic E-state index is 13.3. The molecule has 7 nitrogen and oxygen atoms in total. The van der Waals surface area contributed by atoms with E-state index in [-0.39, 0.29) is 11.7 Å². The standard InChI is InChI=1S/C28H29FN4O3S/c1-35-24-9-5-8-23(17-24)33-26(31-32-28(33)37-19-20-13-15-22(29)16-14-20)11-6-12-27(34)30-18-21-7-3-4-10-25(21)36-2/h3-5,7-10,13-17H,6,11-12,18-19H2,1-2H3,(H,30,34). The fraction of sp³-hybridized carbons (Fsp3) is 0.250. The largest absolute Gasteiger partial charge is 0.497 e. The predicted molar refractivity (Wildman–Crippen MR) is 142 cm³/mol. The first-order valence-corrected chi connectivity index (χ1v) is 12.9. The van der Waals surface area contributed by atoms with Gasteiger partial charge >= 0.3 is 0 Å². The minimum Gasteiger partial charge on any atom is -0.497 e. The fourth-order valence-corrected chi connectivity index (χ4v) is 4.76. The van der Waals surface area contributed by atoms with Crippen LogP contribution in [0.1, 0.15) is 29.8 Å². The van der Waals surface area contributed by atoms with Crippen molar-refractivity contribution in [3.63, 3.8) is 0 Å². The molecule has 3 aromatic carbocycles. The smallest absolute Gasteiger partial charge is 0.220 e. The summed E-state index contributed by atoms with van der Waals surface area (Å²) in [4.78, 5) is 12.5. The van der Waals surface area contributed by atoms with Crippen molar-refractivity contribution >= 4 is 17.7 Å². The summed E-state index contributed by atoms with van der Waals surface area (Å²) < 4.78 is 26.0. The summed E-state index contributed by atoms with van der Waals surface area (Å²) in [5.74, 6) is 2.55. The SMILES string of the molecule is COc1cccc(-n2c(CCCC(=O)NCc3ccccc3OC)nnc2SCc2ccc(F)cc2)c1. The van der Waals surface area contributed by atoms with Gasteiger partial charge in [0.15, 0.2) is 5.16 Å². The summed E-state index contributed by atoms with van der Waals surface area (Å²) in [6, 6.07) is 21.7. The van der Waals surface area contributed by atoms with E-state index in [1.54, 1.807) is 26.4 Å². The highest BCUT2D eigenvalue weighted by Gasteiger charge is 2.16. The Morgan fingerprint density at radius 2 is 1.81 bits per heavy atom. The molecule has 0 aliphatic carbocycles. The van der Waals surface area contributed by atoms with Gasteiger partial charge in [0.05, 0.1) is 19.9 Å². The second kappa shape index (κ2) is 12.9. The molecular weight excluding hydrogens is 491 g/mol. The number of halogens is 1. The van der Waals surface area contributed by atoms with Gasteiger partial charge in [-0.1, -0.05) is 48.2 Å². The number of benzene rings is 3. The van der Waals surface area contributed by atoms with Gasteiger partial charge in [-0.15, -0.1) is 10.2 Å². The number of hydrogen-bond donors (Lipinski definition) is 1. The molecule has 0 spiro atoms. The number of hydrogen-bond acceptors (Lipinski definition) is 6. The zero-order chi connectivity index (χ0) is 26.0. The van der Waals surface area contributed by atoms with Gasteiger partial charge < -0.3 is 14.8 Å². The van der Waals surface area contributed by atoms with Crippen LogP contribution in [0, 0.1) is 5.82 Å². The van der Waals surface area contributed by atoms with Gasteiger partial charge in [-0.25, -0.2) is 4.39 Å². The predicted octanol–water partition coefficient (Wildman–Crippen LogP) is 5.36. The third-order valence-corrected chi connectivity index (χ3v) is 6.77. The van der Waals surface area contributed by atoms with Crippen molar-refractivity contribution < 1.29 is 18.7 Å². The fourth-order valence-electron chi connectivity index (χ4n) is 3.83. The summed E-state index contributed by atoms with van der Waals surface area (Å²) in [6.07, 6.45) is 1.55. The Hall–Kier alpha value is -3.85. The molecule has 0 saturated heterocycles. The number of aromatic nitrogens is 3. The summed E-state index contributed by atoms with van der Waals surface area (Å²) >= 11 is 1.52. The Bertz CT molecular complexity index is 1330. The van der Waals surface area contributed by atoms with Gasteiger partial charge in [0, 0.05) is 36.8 Å². The minimum absolute atomic E-state index is 0.0377. The molecule has 0 saturated carbocycles. The number of amides is 1. The maximum absolute atomic E-state index is 13.3. The molecule has 0 bridgehead atoms. The third kappa shape index (κ3) is 7.10. The monoisotopic (exact) mass is 520 g/mol. The molecule has 1 aromatic heterocycles. The van der Waals surface area contributed by atoms with E-state index in [4.69, 9.17) is 9.47 Å². The molecule has 4 rings (SSSR count). The average molecular weight is 521 g/mol. The lowest BCUT2D eigenvalue weighted by atomic mass is 10.2. The lowest BCUT2D eigenvalue weighted by Gasteiger charge is -2.12. The number of carbonyl (C=O) groups is 1. The van der Waals surface area contributed by atoms with Gasteiger partial charge in [-0.05, 0) is 42.3 Å². The number of thioether (sulfide) groups is 1. The van der Waals surface area contributed by atoms with E-state index in [0.717, 1.165) is 34.1 Å². The lowest BCUT2D eigenvalue weighted by Crippen LogP contribution is -2.23. The minimum atomic E-state index is -0.262. The first-order valence-electron chi connectivity index (χ1n) is 11.9. The van der Waals surface area contributed by atoms with Gasteiger partial charge in [0.2, 0.25) is 5.91 Å². The highest BCUT2D eigenvalue weighted by atomic mass is 32.2. The molecular formula is C28H29FN4O3S. The van der Waals surface area contributed by atoms with Crippen molar-refractivity contribution in [1.82, 2.24) is 20.1 Å². The zero-order valence-corrected chi connectivity index (χ0v) is 21.6. The molecule has 0 radical (unpaired) electrons. The van der Waals surface area contributed by atoms with Crippen LogP contribution < -0.4 is 14.8 Å². The molecule has 0 fully saturated rings. The molecule has 192 valence electrons. The number of ether oxygens (including phenoxy) is 2. The van der Waals surface area contributed by atoms with Crippen LogP contribution in [0.2, 0.25) is 0 Å². The van der Waals surface area contributed by atoms with Crippen molar-refractivity contribution in [3.05, 3.63) is 95.6 Å². The molecule has 1 amide bonds. The summed E-state index contributed by atoms with van der Waals surface area (Å²) in [5, 5.41) is 12.5. The van der Waals surface area contributed by atoms with Crippen LogP contribution in [0.3, 0.4) is 0 Å². The second-order valence-corrected chi connectivity index (χ2v) is 9.24. The summed E-state index contributed by atoms with van der Waals surface area (Å²) in [7, 11) is 3.24. The van der Waals surface area contributed by atoms with Crippen LogP contribution in [0.4, 0.5) is 4.39 Å². The molecule has 0 aliphatic heterocycles. The van der Waals surface area contributed by atoms with E-state index < -0.39 is 0 Å². The number of nitrogens with one attached hydrogen (secondary N) is 1. The number of methoxy groups -OCH3 is 2. The normalized spacial score (nSPS) is 10.8. The molecule has 4 aromatic rings. The molecule has 0 unspecified atom stereocenters. The Labute approximate surface area is 220 Å². The maximum Gasteiger partial charge on any atom is 0.220 e. The van der Waals surface area contributed by atoms with Crippen LogP contribution in [-0.4, -0.2) is 34.9 Å². The van der Waals surface area contributed by atoms with Crippen molar-refractivity contribution in [2.45, 2.75) is 36.7 Å². The number of aryl methyl sites for hydroxylation is 1. The number of rotatable bonds is 12. The summed E-state index contributed by atoms with van der Waals surface area (Å²) in [5.41, 5.74) is 2.79. The molecule has 1 N–H and O–H groups in total. The van der Waals surface area contributed by atoms with Gasteiger partial charge in [-0.3, -0.25) is 9.36 Å². The van der Waals surface area contributed by atoms with Crippen molar-refractivity contribution in [1.29, 1.82) is 0 Å². The van der Waals surface area contributed by atoms with Crippen LogP contribution in [0.15, 0.2) is 78.0 Å². The van der Waals surface area contributed by atoms with E-state index in [2.05, 4.69) is 15.5 Å². The van der Waals surface area contributed by atoms with E-state index in [1.807, 2.05) is 53.1 Å². The molecule has 1 heterocycles. The summed E-state index contributed by atoms with van der Waals surface area (Å²) in [6.45, 7) is 0.410. The highest BCUT2D eigenvalue weighted by Crippen LogP contribution is 2.27. The van der Waals surface area contributed by atoms with Gasteiger partial charge in [0.25, 0.3) is 0 Å². The van der Waals surface area contributed by atoms with Crippen molar-refractivity contribution in [2.75, 3.05) is 14.2 Å². The number of para-hydroxylation sites is 1. The number of nitrogens with zero attached hydrogens (tertiary/aromatic N) is 3. The zero-order valence-electron chi connectivity index (χ0n) is 20.8. The molecule has 9 heteroatoms. The Kier molecular flexibility index (Phi) is 9.15. The quantitative estimate of drug-likeness (QED) is 0.254. The Balaban J connectivity index is 1.42. The Morgan fingerprint density at radius 1 is 1.00 bits per heavy atom. The van der Waals surface area contributed by atoms with Crippen LogP contribution in [0.25, 0.3) is 5.69 Å². The molecule has 0 atom stereocenters. The third-order valence-electron chi connectivity index (χ3n) is 5.77. The first-order chi connectivity index (χ1) is 18.1. The van der Waals surface area contributed by atoms with E-state index in [9.17, 15) is 9.18 Å². The van der Waals surface area contributed by atoms with Crippen LogP contribution >= 0.6 is 11.8 Å². The second-order valence-electron chi connectivity index (χ2n) is 8.29. The van der Waals surface area contributed by atoms with Gasteiger partial charge in [0.1, 0.15) is 23.1 Å². The molecule has 0 aliphatic rings. The number of carbonyl (C=O) groups excluding carboxylic acids is 1. The van der Waals surface area contributed by atoms with Crippen LogP contribution in [0.5, 0.6) is 11.5 Å². The first kappa shape index (κ1) is 26.2. The van der Waals surface area contributed by atoms with E-state index >= 15 is 0 Å². The molecule has 37 heavy (non-hydrogen) atoms. The van der Waals surface area contributed by atoms with E-state index in [0.29, 0.717) is 36.7 Å². The van der Waals surface area contributed by atoms with Crippen molar-refractivity contribution in [3.8, 4) is 17.2 Å². The lowest BCUT2D eigenvalue weighted by molar-refractivity contribution is -0.121. The average Bonchev–Trinajstić information content (AvgIpc) is 3.34. The Morgan fingerprint density at radius 3 is 2.59 bits per heavy atom. The topological polar surface area (TPSA) is 78.3 Å². The highest BCUT2D eigenvalue weighted by molar-refractivity contribution is 7.98. The van der Waals surface area contributed by atoms with Gasteiger partial charge in [-0.2, -0.15) is 0 Å². The van der Waals surface area contributed by atoms with Crippen LogP contribution in [-0.2, 0) is 23.5 Å². The van der Waals surface area contributed by atoms with E-state index in [1.165, 1.54) is 23.9 Å².